The second kappa shape index (κ2) is 13.8. The van der Waals surface area contributed by atoms with E-state index in [1.54, 1.807) is 0 Å². The molecule has 12 aromatic rings. The molecule has 5 heteroatoms. The number of pyridine rings is 1. The van der Waals surface area contributed by atoms with Crippen LogP contribution in [0.25, 0.3) is 111 Å². The summed E-state index contributed by atoms with van der Waals surface area (Å²) in [6, 6.07) is 71.4. The van der Waals surface area contributed by atoms with E-state index in [4.69, 9.17) is 9.97 Å². The highest BCUT2D eigenvalue weighted by atomic mass is 15.0. The van der Waals surface area contributed by atoms with Gasteiger partial charge in [-0.2, -0.15) is 0 Å². The average molecular weight is 766 g/mol. The van der Waals surface area contributed by atoms with E-state index in [9.17, 15) is 0 Å². The molecule has 0 aliphatic rings. The second-order valence-corrected chi connectivity index (χ2v) is 15.3. The molecule has 0 fully saturated rings. The van der Waals surface area contributed by atoms with Gasteiger partial charge in [-0.25, -0.2) is 9.97 Å². The second-order valence-electron chi connectivity index (χ2n) is 15.3. The third-order valence-electron chi connectivity index (χ3n) is 11.8. The molecule has 5 nitrogen and oxygen atoms in total. The van der Waals surface area contributed by atoms with E-state index in [2.05, 4.69) is 196 Å². The van der Waals surface area contributed by atoms with Crippen LogP contribution in [0.3, 0.4) is 0 Å². The van der Waals surface area contributed by atoms with E-state index in [1.165, 1.54) is 26.9 Å². The van der Waals surface area contributed by atoms with Gasteiger partial charge >= 0.3 is 0 Å². The van der Waals surface area contributed by atoms with Gasteiger partial charge in [-0.15, -0.1) is 0 Å². The van der Waals surface area contributed by atoms with Crippen molar-refractivity contribution in [1.29, 1.82) is 0 Å². The number of rotatable bonds is 6. The molecule has 12 rings (SSSR count). The monoisotopic (exact) mass is 765 g/mol. The minimum Gasteiger partial charge on any atom is -0.309 e. The third-order valence-corrected chi connectivity index (χ3v) is 11.8. The smallest absolute Gasteiger partial charge is 0.160 e. The highest BCUT2D eigenvalue weighted by Crippen LogP contribution is 2.39. The Kier molecular flexibility index (Phi) is 7.78. The zero-order valence-corrected chi connectivity index (χ0v) is 32.4. The fourth-order valence-electron chi connectivity index (χ4n) is 8.96. The number of fused-ring (bicyclic) bond motifs is 7. The number of benzene rings is 8. The van der Waals surface area contributed by atoms with E-state index in [1.807, 2.05) is 30.6 Å². The van der Waals surface area contributed by atoms with Crippen LogP contribution >= 0.6 is 0 Å². The van der Waals surface area contributed by atoms with Crippen molar-refractivity contribution in [3.05, 3.63) is 213 Å². The summed E-state index contributed by atoms with van der Waals surface area (Å²) >= 11 is 0. The predicted octanol–water partition coefficient (Wildman–Crippen LogP) is 13.9. The summed E-state index contributed by atoms with van der Waals surface area (Å²) in [6.45, 7) is 0. The number of hydrogen-bond donors (Lipinski definition) is 0. The molecule has 0 radical (unpaired) electrons. The van der Waals surface area contributed by atoms with Crippen LogP contribution in [0.1, 0.15) is 0 Å². The first kappa shape index (κ1) is 33.9. The van der Waals surface area contributed by atoms with Gasteiger partial charge < -0.3 is 9.13 Å². The van der Waals surface area contributed by atoms with Crippen molar-refractivity contribution in [2.45, 2.75) is 0 Å². The zero-order chi connectivity index (χ0) is 39.6. The van der Waals surface area contributed by atoms with Crippen LogP contribution in [0.15, 0.2) is 213 Å². The van der Waals surface area contributed by atoms with Gasteiger partial charge in [0, 0.05) is 67.4 Å². The topological polar surface area (TPSA) is 48.5 Å². The van der Waals surface area contributed by atoms with Crippen molar-refractivity contribution in [3.8, 4) is 56.4 Å². The molecule has 0 aliphatic heterocycles. The molecule has 0 spiro atoms. The van der Waals surface area contributed by atoms with Crippen LogP contribution in [0, 0.1) is 0 Å². The van der Waals surface area contributed by atoms with Crippen molar-refractivity contribution in [1.82, 2.24) is 24.1 Å². The van der Waals surface area contributed by atoms with Crippen LogP contribution in [-0.4, -0.2) is 24.1 Å². The maximum atomic E-state index is 5.35. The first-order valence-electron chi connectivity index (χ1n) is 20.3. The van der Waals surface area contributed by atoms with Crippen molar-refractivity contribution in [3.63, 3.8) is 0 Å². The van der Waals surface area contributed by atoms with Crippen LogP contribution in [0.4, 0.5) is 0 Å². The molecule has 0 N–H and O–H groups in total. The van der Waals surface area contributed by atoms with Crippen molar-refractivity contribution >= 4 is 54.4 Å². The summed E-state index contributed by atoms with van der Waals surface area (Å²) in [5.74, 6) is 0.677. The molecule has 0 unspecified atom stereocenters. The Hall–Kier alpha value is -8.15. The zero-order valence-electron chi connectivity index (χ0n) is 32.4. The molecule has 0 saturated heterocycles. The minimum atomic E-state index is 0.677. The van der Waals surface area contributed by atoms with E-state index in [0.29, 0.717) is 5.82 Å². The summed E-state index contributed by atoms with van der Waals surface area (Å²) in [5.41, 5.74) is 13.7. The molecule has 0 amide bonds. The van der Waals surface area contributed by atoms with Gasteiger partial charge in [-0.1, -0.05) is 140 Å². The van der Waals surface area contributed by atoms with Gasteiger partial charge in [0.2, 0.25) is 0 Å². The van der Waals surface area contributed by atoms with Crippen molar-refractivity contribution in [2.24, 2.45) is 0 Å². The lowest BCUT2D eigenvalue weighted by molar-refractivity contribution is 1.13. The van der Waals surface area contributed by atoms with Crippen molar-refractivity contribution < 1.29 is 0 Å². The summed E-state index contributed by atoms with van der Waals surface area (Å²) in [4.78, 5) is 14.9. The van der Waals surface area contributed by atoms with E-state index < -0.39 is 0 Å². The molecule has 4 heterocycles. The maximum Gasteiger partial charge on any atom is 0.160 e. The number of hydrogen-bond acceptors (Lipinski definition) is 3. The normalized spacial score (nSPS) is 11.7. The van der Waals surface area contributed by atoms with E-state index in [-0.39, 0.29) is 0 Å². The Morgan fingerprint density at radius 3 is 1.37 bits per heavy atom. The maximum absolute atomic E-state index is 5.35. The Labute approximate surface area is 346 Å². The minimum absolute atomic E-state index is 0.677. The molecular weight excluding hydrogens is 731 g/mol. The Bertz CT molecular complexity index is 3360. The molecule has 0 atom stereocenters. The number of nitrogens with zero attached hydrogens (tertiary/aromatic N) is 5. The van der Waals surface area contributed by atoms with Gasteiger partial charge in [0.15, 0.2) is 5.82 Å². The molecule has 60 heavy (non-hydrogen) atoms. The predicted molar refractivity (Wildman–Crippen MR) is 248 cm³/mol. The van der Waals surface area contributed by atoms with Gasteiger partial charge in [-0.05, 0) is 77.2 Å². The molecule has 4 aromatic heterocycles. The standard InChI is InChI=1S/C55H35N5/c1-2-12-38(13-3-1)55-57-49(37-24-22-36(23-25-37)39-26-27-41-35-56-29-28-40(41)30-39)34-50(58-55)42-31-43(59-51-18-8-4-14-45(51)46-15-5-9-19-52(46)59)33-44(32-42)60-53-20-10-6-16-47(53)48-17-7-11-21-54(48)60/h1-35H. The summed E-state index contributed by atoms with van der Waals surface area (Å²) in [7, 11) is 0. The SMILES string of the molecule is c1ccc(-c2nc(-c3ccc(-c4ccc5cnccc5c4)cc3)cc(-c3cc(-n4c5ccccc5c5ccccc54)cc(-n4c5ccccc5c5ccccc54)c3)n2)cc1. The number of para-hydroxylation sites is 4. The molecule has 280 valence electrons. The molecular formula is C55H35N5. The quantitative estimate of drug-likeness (QED) is 0.169. The summed E-state index contributed by atoms with van der Waals surface area (Å²) in [5, 5.41) is 7.17. The lowest BCUT2D eigenvalue weighted by atomic mass is 9.99. The van der Waals surface area contributed by atoms with Gasteiger partial charge in [0.1, 0.15) is 0 Å². The van der Waals surface area contributed by atoms with Crippen LogP contribution < -0.4 is 0 Å². The van der Waals surface area contributed by atoms with E-state index >= 15 is 0 Å². The summed E-state index contributed by atoms with van der Waals surface area (Å²) in [6.07, 6.45) is 3.75. The van der Waals surface area contributed by atoms with E-state index in [0.717, 1.165) is 78.0 Å². The Morgan fingerprint density at radius 1 is 0.317 bits per heavy atom. The molecule has 0 bridgehead atoms. The number of aromatic nitrogens is 5. The molecule has 0 saturated carbocycles. The Balaban J connectivity index is 1.09. The average Bonchev–Trinajstić information content (AvgIpc) is 3.85. The third kappa shape index (κ3) is 5.59. The molecule has 8 aromatic carbocycles. The lowest BCUT2D eigenvalue weighted by Crippen LogP contribution is -2.01. The van der Waals surface area contributed by atoms with Gasteiger partial charge in [-0.3, -0.25) is 4.98 Å². The fraction of sp³-hybridized carbons (Fsp3) is 0. The van der Waals surface area contributed by atoms with Gasteiger partial charge in [0.05, 0.1) is 33.5 Å². The van der Waals surface area contributed by atoms with Crippen LogP contribution in [0.5, 0.6) is 0 Å². The molecule has 0 aliphatic carbocycles. The fourth-order valence-corrected chi connectivity index (χ4v) is 8.96. The lowest BCUT2D eigenvalue weighted by Gasteiger charge is -2.16. The first-order chi connectivity index (χ1) is 29.7. The highest BCUT2D eigenvalue weighted by Gasteiger charge is 2.19. The largest absolute Gasteiger partial charge is 0.309 e. The van der Waals surface area contributed by atoms with Crippen molar-refractivity contribution in [2.75, 3.05) is 0 Å². The Morgan fingerprint density at radius 2 is 0.800 bits per heavy atom. The highest BCUT2D eigenvalue weighted by molar-refractivity contribution is 6.10. The van der Waals surface area contributed by atoms with Gasteiger partial charge in [0.25, 0.3) is 0 Å². The van der Waals surface area contributed by atoms with Crippen LogP contribution in [-0.2, 0) is 0 Å². The summed E-state index contributed by atoms with van der Waals surface area (Å²) < 4.78 is 4.79. The first-order valence-corrected chi connectivity index (χ1v) is 20.3. The van der Waals surface area contributed by atoms with Crippen LogP contribution in [0.2, 0.25) is 0 Å².